The van der Waals surface area contributed by atoms with Crippen LogP contribution in [0.1, 0.15) is 15.9 Å². The molecule has 2 aromatic carbocycles. The summed E-state index contributed by atoms with van der Waals surface area (Å²) in [6.07, 6.45) is 1.75. The molecule has 0 atom stereocenters. The van der Waals surface area contributed by atoms with Gasteiger partial charge < -0.3 is 9.47 Å². The van der Waals surface area contributed by atoms with Gasteiger partial charge in [0.2, 0.25) is 0 Å². The minimum atomic E-state index is -0.376. The highest BCUT2D eigenvalue weighted by Crippen LogP contribution is 2.24. The van der Waals surface area contributed by atoms with Gasteiger partial charge in [-0.1, -0.05) is 17.7 Å². The van der Waals surface area contributed by atoms with Crippen molar-refractivity contribution >= 4 is 28.5 Å². The Morgan fingerprint density at radius 3 is 2.78 bits per heavy atom. The number of hydrogen-bond acceptors (Lipinski definition) is 4. The molecule has 23 heavy (non-hydrogen) atoms. The van der Waals surface area contributed by atoms with E-state index in [1.807, 2.05) is 18.2 Å². The number of nitrogens with zero attached hydrogens (tertiary/aromatic N) is 2. The zero-order valence-corrected chi connectivity index (χ0v) is 13.5. The highest BCUT2D eigenvalue weighted by molar-refractivity contribution is 6.31. The van der Waals surface area contributed by atoms with Crippen LogP contribution in [0.4, 0.5) is 0 Å². The third kappa shape index (κ3) is 3.00. The molecule has 118 valence electrons. The van der Waals surface area contributed by atoms with Crippen molar-refractivity contribution in [3.8, 4) is 5.75 Å². The van der Waals surface area contributed by atoms with Gasteiger partial charge in [0.1, 0.15) is 5.75 Å². The number of benzene rings is 2. The minimum Gasteiger partial charge on any atom is -0.497 e. The molecule has 0 unspecified atom stereocenters. The van der Waals surface area contributed by atoms with Crippen molar-refractivity contribution in [2.45, 2.75) is 6.54 Å². The molecule has 3 rings (SSSR count). The van der Waals surface area contributed by atoms with E-state index in [0.29, 0.717) is 17.1 Å². The second-order valence-electron chi connectivity index (χ2n) is 5.02. The number of carbonyl (C=O) groups excluding carboxylic acids is 1. The lowest BCUT2D eigenvalue weighted by Gasteiger charge is -2.09. The van der Waals surface area contributed by atoms with Gasteiger partial charge >= 0.3 is 5.97 Å². The third-order valence-corrected chi connectivity index (χ3v) is 4.01. The van der Waals surface area contributed by atoms with Crippen LogP contribution in [0.15, 0.2) is 42.6 Å². The van der Waals surface area contributed by atoms with E-state index in [9.17, 15) is 4.79 Å². The van der Waals surface area contributed by atoms with Gasteiger partial charge in [0, 0.05) is 10.4 Å². The number of carbonyl (C=O) groups is 1. The van der Waals surface area contributed by atoms with Gasteiger partial charge in [-0.15, -0.1) is 0 Å². The normalized spacial score (nSPS) is 10.7. The summed E-state index contributed by atoms with van der Waals surface area (Å²) in [5.41, 5.74) is 2.21. The number of hydrogen-bond donors (Lipinski definition) is 0. The Hall–Kier alpha value is -2.53. The zero-order valence-electron chi connectivity index (χ0n) is 12.7. The molecule has 0 amide bonds. The lowest BCUT2D eigenvalue weighted by atomic mass is 10.1. The molecule has 0 fully saturated rings. The van der Waals surface area contributed by atoms with Crippen molar-refractivity contribution in [3.05, 3.63) is 58.7 Å². The first kappa shape index (κ1) is 15.4. The van der Waals surface area contributed by atoms with Crippen LogP contribution in [0.2, 0.25) is 5.02 Å². The molecule has 0 aliphatic heterocycles. The quantitative estimate of drug-likeness (QED) is 0.687. The summed E-state index contributed by atoms with van der Waals surface area (Å²) in [4.78, 5) is 11.7. The largest absolute Gasteiger partial charge is 0.497 e. The monoisotopic (exact) mass is 330 g/mol. The molecule has 1 heterocycles. The summed E-state index contributed by atoms with van der Waals surface area (Å²) in [5, 5.41) is 5.96. The van der Waals surface area contributed by atoms with Gasteiger partial charge in [-0.2, -0.15) is 5.10 Å². The summed E-state index contributed by atoms with van der Waals surface area (Å²) in [7, 11) is 2.97. The molecule has 0 bridgehead atoms. The van der Waals surface area contributed by atoms with Gasteiger partial charge in [0.05, 0.1) is 38.0 Å². The molecular formula is C17H15ClN2O3. The van der Waals surface area contributed by atoms with E-state index in [0.717, 1.165) is 22.2 Å². The summed E-state index contributed by atoms with van der Waals surface area (Å²) in [5.74, 6) is 0.357. The van der Waals surface area contributed by atoms with Crippen LogP contribution in [-0.4, -0.2) is 30.0 Å². The van der Waals surface area contributed by atoms with E-state index in [1.54, 1.807) is 36.2 Å². The van der Waals surface area contributed by atoms with Gasteiger partial charge in [0.25, 0.3) is 0 Å². The van der Waals surface area contributed by atoms with E-state index in [4.69, 9.17) is 21.1 Å². The SMILES string of the molecule is COC(=O)c1ccc2cnn(Cc3cc(OC)ccc3Cl)c2c1. The maximum absolute atomic E-state index is 11.7. The topological polar surface area (TPSA) is 53.3 Å². The summed E-state index contributed by atoms with van der Waals surface area (Å²) < 4.78 is 11.8. The minimum absolute atomic E-state index is 0.376. The van der Waals surface area contributed by atoms with E-state index in [-0.39, 0.29) is 5.97 Å². The van der Waals surface area contributed by atoms with E-state index in [1.165, 1.54) is 7.11 Å². The van der Waals surface area contributed by atoms with Crippen molar-refractivity contribution in [1.29, 1.82) is 0 Å². The number of halogens is 1. The Labute approximate surface area is 138 Å². The Bertz CT molecular complexity index is 873. The number of fused-ring (bicyclic) bond motifs is 1. The van der Waals surface area contributed by atoms with Gasteiger partial charge in [-0.05, 0) is 35.9 Å². The Balaban J connectivity index is 2.01. The molecule has 0 saturated heterocycles. The van der Waals surface area contributed by atoms with Crippen molar-refractivity contribution in [1.82, 2.24) is 9.78 Å². The van der Waals surface area contributed by atoms with Crippen molar-refractivity contribution in [3.63, 3.8) is 0 Å². The lowest BCUT2D eigenvalue weighted by molar-refractivity contribution is 0.0601. The maximum Gasteiger partial charge on any atom is 0.337 e. The molecule has 0 spiro atoms. The van der Waals surface area contributed by atoms with Crippen molar-refractivity contribution in [2.24, 2.45) is 0 Å². The first-order valence-electron chi connectivity index (χ1n) is 6.98. The smallest absolute Gasteiger partial charge is 0.337 e. The molecule has 0 aliphatic rings. The number of aromatic nitrogens is 2. The molecule has 3 aromatic rings. The van der Waals surface area contributed by atoms with Crippen LogP contribution in [-0.2, 0) is 11.3 Å². The first-order chi connectivity index (χ1) is 11.1. The molecule has 0 aliphatic carbocycles. The number of rotatable bonds is 4. The number of methoxy groups -OCH3 is 2. The predicted molar refractivity (Wildman–Crippen MR) is 88.2 cm³/mol. The fourth-order valence-corrected chi connectivity index (χ4v) is 2.58. The highest BCUT2D eigenvalue weighted by Gasteiger charge is 2.11. The average Bonchev–Trinajstić information content (AvgIpc) is 2.98. The van der Waals surface area contributed by atoms with Crippen LogP contribution < -0.4 is 4.74 Å². The number of ether oxygens (including phenoxy) is 2. The second kappa shape index (κ2) is 6.30. The molecule has 0 N–H and O–H groups in total. The van der Waals surface area contributed by atoms with E-state index in [2.05, 4.69) is 5.10 Å². The molecule has 6 heteroatoms. The average molecular weight is 331 g/mol. The molecule has 0 radical (unpaired) electrons. The fourth-order valence-electron chi connectivity index (χ4n) is 2.40. The summed E-state index contributed by atoms with van der Waals surface area (Å²) >= 11 is 6.25. The van der Waals surface area contributed by atoms with Crippen LogP contribution in [0.3, 0.4) is 0 Å². The summed E-state index contributed by atoms with van der Waals surface area (Å²) in [6, 6.07) is 10.8. The highest BCUT2D eigenvalue weighted by atomic mass is 35.5. The Kier molecular flexibility index (Phi) is 4.21. The first-order valence-corrected chi connectivity index (χ1v) is 7.36. The van der Waals surface area contributed by atoms with Crippen LogP contribution in [0.5, 0.6) is 5.75 Å². The van der Waals surface area contributed by atoms with Crippen molar-refractivity contribution in [2.75, 3.05) is 14.2 Å². The lowest BCUT2D eigenvalue weighted by Crippen LogP contribution is -2.04. The van der Waals surface area contributed by atoms with Gasteiger partial charge in [0.15, 0.2) is 0 Å². The van der Waals surface area contributed by atoms with E-state index >= 15 is 0 Å². The summed E-state index contributed by atoms with van der Waals surface area (Å²) in [6.45, 7) is 0.476. The van der Waals surface area contributed by atoms with Gasteiger partial charge in [-0.3, -0.25) is 4.68 Å². The van der Waals surface area contributed by atoms with E-state index < -0.39 is 0 Å². The van der Waals surface area contributed by atoms with Crippen LogP contribution >= 0.6 is 11.6 Å². The Morgan fingerprint density at radius 1 is 1.22 bits per heavy atom. The Morgan fingerprint density at radius 2 is 2.04 bits per heavy atom. The molecule has 0 saturated carbocycles. The second-order valence-corrected chi connectivity index (χ2v) is 5.43. The standard InChI is InChI=1S/C17H15ClN2O3/c1-22-14-5-6-15(18)13(7-14)10-20-16-8-11(17(21)23-2)3-4-12(16)9-19-20/h3-9H,10H2,1-2H3. The maximum atomic E-state index is 11.7. The van der Waals surface area contributed by atoms with Crippen LogP contribution in [0, 0.1) is 0 Å². The molecule has 5 nitrogen and oxygen atoms in total. The molecular weight excluding hydrogens is 316 g/mol. The van der Waals surface area contributed by atoms with Gasteiger partial charge in [-0.25, -0.2) is 4.79 Å². The fraction of sp³-hybridized carbons (Fsp3) is 0.176. The zero-order chi connectivity index (χ0) is 16.4. The third-order valence-electron chi connectivity index (χ3n) is 3.64. The van der Waals surface area contributed by atoms with Crippen molar-refractivity contribution < 1.29 is 14.3 Å². The molecule has 1 aromatic heterocycles. The number of esters is 1. The predicted octanol–water partition coefficient (Wildman–Crippen LogP) is 3.53. The van der Waals surface area contributed by atoms with Crippen LogP contribution in [0.25, 0.3) is 10.9 Å².